The SMILES string of the molecule is CNCCC1CCN(C(=O)c2ccc(C#N)cc2)CC1. The molecule has 0 bridgehead atoms. The van der Waals surface area contributed by atoms with Gasteiger partial charge >= 0.3 is 0 Å². The lowest BCUT2D eigenvalue weighted by molar-refractivity contribution is 0.0687. The van der Waals surface area contributed by atoms with Crippen molar-refractivity contribution in [2.24, 2.45) is 5.92 Å². The van der Waals surface area contributed by atoms with E-state index in [0.29, 0.717) is 11.1 Å². The molecule has 0 saturated carbocycles. The summed E-state index contributed by atoms with van der Waals surface area (Å²) in [5, 5.41) is 11.9. The van der Waals surface area contributed by atoms with Gasteiger partial charge in [0.25, 0.3) is 5.91 Å². The highest BCUT2D eigenvalue weighted by molar-refractivity contribution is 5.94. The first-order chi connectivity index (χ1) is 9.74. The van der Waals surface area contributed by atoms with Crippen molar-refractivity contribution in [2.75, 3.05) is 26.7 Å². The van der Waals surface area contributed by atoms with E-state index >= 15 is 0 Å². The van der Waals surface area contributed by atoms with Crippen molar-refractivity contribution in [3.8, 4) is 6.07 Å². The molecule has 106 valence electrons. The van der Waals surface area contributed by atoms with Crippen LogP contribution in [0.15, 0.2) is 24.3 Å². The Labute approximate surface area is 120 Å². The molecule has 1 heterocycles. The zero-order valence-corrected chi connectivity index (χ0v) is 11.9. The molecule has 0 aliphatic carbocycles. The monoisotopic (exact) mass is 271 g/mol. The molecule has 1 aromatic carbocycles. The number of rotatable bonds is 4. The average Bonchev–Trinajstić information content (AvgIpc) is 2.53. The lowest BCUT2D eigenvalue weighted by Crippen LogP contribution is -2.38. The Morgan fingerprint density at radius 3 is 2.55 bits per heavy atom. The molecule has 0 spiro atoms. The van der Waals surface area contributed by atoms with E-state index in [-0.39, 0.29) is 5.91 Å². The lowest BCUT2D eigenvalue weighted by Gasteiger charge is -2.32. The molecule has 20 heavy (non-hydrogen) atoms. The molecular formula is C16H21N3O. The first-order valence-corrected chi connectivity index (χ1v) is 7.18. The second-order valence-electron chi connectivity index (χ2n) is 5.32. The van der Waals surface area contributed by atoms with Gasteiger partial charge in [-0.15, -0.1) is 0 Å². The fourth-order valence-corrected chi connectivity index (χ4v) is 2.64. The Kier molecular flexibility index (Phi) is 5.14. The summed E-state index contributed by atoms with van der Waals surface area (Å²) in [6, 6.07) is 8.96. The topological polar surface area (TPSA) is 56.1 Å². The maximum absolute atomic E-state index is 12.4. The van der Waals surface area contributed by atoms with Gasteiger partial charge in [0.05, 0.1) is 11.6 Å². The van der Waals surface area contributed by atoms with Crippen LogP contribution in [0.5, 0.6) is 0 Å². The number of likely N-dealkylation sites (tertiary alicyclic amines) is 1. The van der Waals surface area contributed by atoms with Gasteiger partial charge in [0.1, 0.15) is 0 Å². The molecule has 4 heteroatoms. The van der Waals surface area contributed by atoms with Crippen molar-refractivity contribution < 1.29 is 4.79 Å². The van der Waals surface area contributed by atoms with Crippen LogP contribution < -0.4 is 5.32 Å². The van der Waals surface area contributed by atoms with Gasteiger partial charge in [-0.1, -0.05) is 0 Å². The molecule has 1 amide bonds. The van der Waals surface area contributed by atoms with E-state index < -0.39 is 0 Å². The number of carbonyl (C=O) groups is 1. The fourth-order valence-electron chi connectivity index (χ4n) is 2.64. The van der Waals surface area contributed by atoms with Gasteiger partial charge in [0, 0.05) is 18.7 Å². The van der Waals surface area contributed by atoms with E-state index in [1.807, 2.05) is 11.9 Å². The minimum absolute atomic E-state index is 0.0848. The Balaban J connectivity index is 1.89. The molecule has 0 unspecified atom stereocenters. The zero-order valence-electron chi connectivity index (χ0n) is 11.9. The van der Waals surface area contributed by atoms with Crippen molar-refractivity contribution >= 4 is 5.91 Å². The summed E-state index contributed by atoms with van der Waals surface area (Å²) >= 11 is 0. The summed E-state index contributed by atoms with van der Waals surface area (Å²) < 4.78 is 0. The summed E-state index contributed by atoms with van der Waals surface area (Å²) in [5.74, 6) is 0.814. The van der Waals surface area contributed by atoms with Gasteiger partial charge < -0.3 is 10.2 Å². The first-order valence-electron chi connectivity index (χ1n) is 7.18. The van der Waals surface area contributed by atoms with Crippen LogP contribution >= 0.6 is 0 Å². The van der Waals surface area contributed by atoms with Crippen LogP contribution in [0.4, 0.5) is 0 Å². The predicted molar refractivity (Wildman–Crippen MR) is 78.3 cm³/mol. The van der Waals surface area contributed by atoms with E-state index in [2.05, 4.69) is 11.4 Å². The molecule has 1 fully saturated rings. The van der Waals surface area contributed by atoms with E-state index in [1.54, 1.807) is 24.3 Å². The first kappa shape index (κ1) is 14.5. The highest BCUT2D eigenvalue weighted by Gasteiger charge is 2.23. The molecule has 0 aromatic heterocycles. The Morgan fingerprint density at radius 2 is 2.00 bits per heavy atom. The average molecular weight is 271 g/mol. The van der Waals surface area contributed by atoms with E-state index in [4.69, 9.17) is 5.26 Å². The summed E-state index contributed by atoms with van der Waals surface area (Å²) in [6.45, 7) is 2.73. The Morgan fingerprint density at radius 1 is 1.35 bits per heavy atom. The molecule has 1 aromatic rings. The van der Waals surface area contributed by atoms with Gasteiger partial charge in [0.2, 0.25) is 0 Å². The summed E-state index contributed by atoms with van der Waals surface area (Å²) in [5.41, 5.74) is 1.27. The number of nitrogens with one attached hydrogen (secondary N) is 1. The summed E-state index contributed by atoms with van der Waals surface area (Å²) in [7, 11) is 1.98. The lowest BCUT2D eigenvalue weighted by atomic mass is 9.93. The third-order valence-electron chi connectivity index (χ3n) is 3.97. The van der Waals surface area contributed by atoms with Crippen molar-refractivity contribution in [3.63, 3.8) is 0 Å². The maximum atomic E-state index is 12.4. The number of carbonyl (C=O) groups excluding carboxylic acids is 1. The normalized spacial score (nSPS) is 15.9. The van der Waals surface area contributed by atoms with Crippen LogP contribution in [0.3, 0.4) is 0 Å². The second-order valence-corrected chi connectivity index (χ2v) is 5.32. The number of hydrogen-bond acceptors (Lipinski definition) is 3. The molecule has 0 radical (unpaired) electrons. The number of benzene rings is 1. The smallest absolute Gasteiger partial charge is 0.253 e. The minimum Gasteiger partial charge on any atom is -0.339 e. The molecule has 1 aliphatic heterocycles. The summed E-state index contributed by atoms with van der Waals surface area (Å²) in [4.78, 5) is 14.3. The van der Waals surface area contributed by atoms with Crippen LogP contribution in [0.1, 0.15) is 35.2 Å². The van der Waals surface area contributed by atoms with Crippen LogP contribution in [0.25, 0.3) is 0 Å². The highest BCUT2D eigenvalue weighted by atomic mass is 16.2. The third-order valence-corrected chi connectivity index (χ3v) is 3.97. The van der Waals surface area contributed by atoms with Crippen LogP contribution in [0, 0.1) is 17.2 Å². The number of amides is 1. The molecule has 1 aliphatic rings. The van der Waals surface area contributed by atoms with Crippen LogP contribution in [-0.2, 0) is 0 Å². The number of nitrogens with zero attached hydrogens (tertiary/aromatic N) is 2. The molecule has 1 N–H and O–H groups in total. The van der Waals surface area contributed by atoms with Crippen molar-refractivity contribution in [1.29, 1.82) is 5.26 Å². The molecular weight excluding hydrogens is 250 g/mol. The number of nitriles is 1. The van der Waals surface area contributed by atoms with Gasteiger partial charge in [-0.05, 0) is 63.0 Å². The Bertz CT molecular complexity index is 481. The van der Waals surface area contributed by atoms with Gasteiger partial charge in [-0.2, -0.15) is 5.26 Å². The predicted octanol–water partition coefficient (Wildman–Crippen LogP) is 2.02. The Hall–Kier alpha value is -1.86. The summed E-state index contributed by atoms with van der Waals surface area (Å²) in [6.07, 6.45) is 3.36. The molecule has 0 atom stereocenters. The second kappa shape index (κ2) is 7.06. The standard InChI is InChI=1S/C16H21N3O/c1-18-9-6-13-7-10-19(11-8-13)16(20)15-4-2-14(12-17)3-5-15/h2-5,13,18H,6-11H2,1H3. The quantitative estimate of drug-likeness (QED) is 0.911. The largest absolute Gasteiger partial charge is 0.339 e. The van der Waals surface area contributed by atoms with Gasteiger partial charge in [-0.3, -0.25) is 4.79 Å². The van der Waals surface area contributed by atoms with Crippen molar-refractivity contribution in [1.82, 2.24) is 10.2 Å². The zero-order chi connectivity index (χ0) is 14.4. The van der Waals surface area contributed by atoms with Gasteiger partial charge in [0.15, 0.2) is 0 Å². The van der Waals surface area contributed by atoms with Crippen molar-refractivity contribution in [3.05, 3.63) is 35.4 Å². The number of hydrogen-bond donors (Lipinski definition) is 1. The molecule has 2 rings (SSSR count). The van der Waals surface area contributed by atoms with E-state index in [1.165, 1.54) is 6.42 Å². The van der Waals surface area contributed by atoms with Crippen molar-refractivity contribution in [2.45, 2.75) is 19.3 Å². The van der Waals surface area contributed by atoms with E-state index in [9.17, 15) is 4.79 Å². The highest BCUT2D eigenvalue weighted by Crippen LogP contribution is 2.21. The fraction of sp³-hybridized carbons (Fsp3) is 0.500. The molecule has 1 saturated heterocycles. The maximum Gasteiger partial charge on any atom is 0.253 e. The van der Waals surface area contributed by atoms with Crippen LogP contribution in [0.2, 0.25) is 0 Å². The van der Waals surface area contributed by atoms with Gasteiger partial charge in [-0.25, -0.2) is 0 Å². The third kappa shape index (κ3) is 3.58. The molecule has 4 nitrogen and oxygen atoms in total. The number of piperidine rings is 1. The van der Waals surface area contributed by atoms with E-state index in [0.717, 1.165) is 38.4 Å². The van der Waals surface area contributed by atoms with Crippen LogP contribution in [-0.4, -0.2) is 37.5 Å². The minimum atomic E-state index is 0.0848.